The second kappa shape index (κ2) is 7.16. The summed E-state index contributed by atoms with van der Waals surface area (Å²) in [4.78, 5) is 26.7. The molecule has 0 saturated heterocycles. The summed E-state index contributed by atoms with van der Waals surface area (Å²) < 4.78 is 0. The lowest BCUT2D eigenvalue weighted by atomic mass is 9.91. The fraction of sp³-hybridized carbons (Fsp3) is 0.579. The summed E-state index contributed by atoms with van der Waals surface area (Å²) in [7, 11) is 0. The predicted molar refractivity (Wildman–Crippen MR) is 89.9 cm³/mol. The molecule has 1 heterocycles. The zero-order chi connectivity index (χ0) is 16.2. The van der Waals surface area contributed by atoms with Gasteiger partial charge in [-0.1, -0.05) is 49.9 Å². The van der Waals surface area contributed by atoms with E-state index in [2.05, 4.69) is 11.4 Å². The molecule has 1 aromatic carbocycles. The van der Waals surface area contributed by atoms with Crippen LogP contribution in [0, 0.1) is 0 Å². The molecule has 2 aliphatic rings. The molecule has 124 valence electrons. The van der Waals surface area contributed by atoms with Gasteiger partial charge in [-0.25, -0.2) is 0 Å². The van der Waals surface area contributed by atoms with Crippen molar-refractivity contribution < 1.29 is 9.59 Å². The molecule has 2 amide bonds. The van der Waals surface area contributed by atoms with Crippen LogP contribution in [0.5, 0.6) is 0 Å². The van der Waals surface area contributed by atoms with Gasteiger partial charge in [-0.3, -0.25) is 9.59 Å². The van der Waals surface area contributed by atoms with Crippen molar-refractivity contribution in [3.05, 3.63) is 35.4 Å². The SMILES string of the molecule is CC(=O)N1CCc2ccccc2[C@@H]1C(=O)NC1CCCCCC1. The maximum absolute atomic E-state index is 13.0. The highest BCUT2D eigenvalue weighted by Gasteiger charge is 2.35. The van der Waals surface area contributed by atoms with Crippen LogP contribution in [0.25, 0.3) is 0 Å². The quantitative estimate of drug-likeness (QED) is 0.853. The summed E-state index contributed by atoms with van der Waals surface area (Å²) in [5, 5.41) is 3.22. The Labute approximate surface area is 138 Å². The first-order chi connectivity index (χ1) is 11.2. The minimum absolute atomic E-state index is 0.0146. The van der Waals surface area contributed by atoms with Gasteiger partial charge in [-0.2, -0.15) is 0 Å². The van der Waals surface area contributed by atoms with Crippen molar-refractivity contribution in [2.24, 2.45) is 0 Å². The zero-order valence-electron chi connectivity index (χ0n) is 13.9. The average Bonchev–Trinajstić information content (AvgIpc) is 2.82. The Morgan fingerprint density at radius 2 is 1.78 bits per heavy atom. The number of nitrogens with zero attached hydrogens (tertiary/aromatic N) is 1. The van der Waals surface area contributed by atoms with E-state index in [0.717, 1.165) is 24.8 Å². The second-order valence-electron chi connectivity index (χ2n) is 6.76. The second-order valence-corrected chi connectivity index (χ2v) is 6.76. The summed E-state index contributed by atoms with van der Waals surface area (Å²) in [5.41, 5.74) is 2.17. The largest absolute Gasteiger partial charge is 0.351 e. The maximum Gasteiger partial charge on any atom is 0.247 e. The average molecular weight is 314 g/mol. The Balaban J connectivity index is 1.81. The first-order valence-electron chi connectivity index (χ1n) is 8.82. The third kappa shape index (κ3) is 3.57. The van der Waals surface area contributed by atoms with Crippen LogP contribution < -0.4 is 5.32 Å². The fourth-order valence-corrected chi connectivity index (χ4v) is 3.89. The molecule has 0 bridgehead atoms. The minimum Gasteiger partial charge on any atom is -0.351 e. The predicted octanol–water partition coefficient (Wildman–Crippen LogP) is 2.97. The first-order valence-corrected chi connectivity index (χ1v) is 8.82. The number of rotatable bonds is 2. The summed E-state index contributed by atoms with van der Waals surface area (Å²) in [6.45, 7) is 2.18. The minimum atomic E-state index is -0.472. The highest BCUT2D eigenvalue weighted by Crippen LogP contribution is 2.30. The Hall–Kier alpha value is -1.84. The summed E-state index contributed by atoms with van der Waals surface area (Å²) >= 11 is 0. The van der Waals surface area contributed by atoms with Gasteiger partial charge in [0, 0.05) is 19.5 Å². The van der Waals surface area contributed by atoms with E-state index in [0.29, 0.717) is 6.54 Å². The van der Waals surface area contributed by atoms with E-state index >= 15 is 0 Å². The molecule has 0 spiro atoms. The molecule has 1 aliphatic heterocycles. The van der Waals surface area contributed by atoms with E-state index < -0.39 is 6.04 Å². The number of hydrogen-bond donors (Lipinski definition) is 1. The Kier molecular flexibility index (Phi) is 4.99. The number of amides is 2. The number of benzene rings is 1. The molecule has 23 heavy (non-hydrogen) atoms. The van der Waals surface area contributed by atoms with Crippen molar-refractivity contribution in [2.75, 3.05) is 6.54 Å². The fourth-order valence-electron chi connectivity index (χ4n) is 3.89. The molecular formula is C19H26N2O2. The van der Waals surface area contributed by atoms with E-state index in [4.69, 9.17) is 0 Å². The molecular weight excluding hydrogens is 288 g/mol. The molecule has 4 heteroatoms. The van der Waals surface area contributed by atoms with E-state index in [1.54, 1.807) is 11.8 Å². The summed E-state index contributed by atoms with van der Waals surface area (Å²) in [6, 6.07) is 7.80. The smallest absolute Gasteiger partial charge is 0.247 e. The normalized spacial score (nSPS) is 22.1. The summed E-state index contributed by atoms with van der Waals surface area (Å²) in [6.07, 6.45) is 7.82. The summed E-state index contributed by atoms with van der Waals surface area (Å²) in [5.74, 6) is -0.0419. The molecule has 1 aliphatic carbocycles. The van der Waals surface area contributed by atoms with Gasteiger partial charge >= 0.3 is 0 Å². The van der Waals surface area contributed by atoms with Crippen LogP contribution >= 0.6 is 0 Å². The standard InChI is InChI=1S/C19H26N2O2/c1-14(22)21-13-12-15-8-6-7-11-17(15)18(21)19(23)20-16-9-4-2-3-5-10-16/h6-8,11,16,18H,2-5,9-10,12-13H2,1H3,(H,20,23)/t18-/m1/s1. The molecule has 1 fully saturated rings. The number of fused-ring (bicyclic) bond motifs is 1. The molecule has 3 rings (SSSR count). The van der Waals surface area contributed by atoms with Crippen molar-refractivity contribution in [2.45, 2.75) is 64.0 Å². The molecule has 1 aromatic rings. The lowest BCUT2D eigenvalue weighted by Crippen LogP contribution is -2.48. The van der Waals surface area contributed by atoms with Gasteiger partial charge in [0.05, 0.1) is 0 Å². The zero-order valence-corrected chi connectivity index (χ0v) is 13.9. The molecule has 0 radical (unpaired) electrons. The van der Waals surface area contributed by atoms with Crippen LogP contribution in [0.2, 0.25) is 0 Å². The number of carbonyl (C=O) groups is 2. The Morgan fingerprint density at radius 3 is 2.48 bits per heavy atom. The molecule has 4 nitrogen and oxygen atoms in total. The van der Waals surface area contributed by atoms with Crippen LogP contribution in [-0.2, 0) is 16.0 Å². The Morgan fingerprint density at radius 1 is 1.09 bits per heavy atom. The Bertz CT molecular complexity index is 576. The molecule has 1 saturated carbocycles. The third-order valence-electron chi connectivity index (χ3n) is 5.14. The lowest BCUT2D eigenvalue weighted by molar-refractivity contribution is -0.140. The van der Waals surface area contributed by atoms with E-state index in [1.165, 1.54) is 31.2 Å². The topological polar surface area (TPSA) is 49.4 Å². The highest BCUT2D eigenvalue weighted by molar-refractivity contribution is 5.89. The maximum atomic E-state index is 13.0. The van der Waals surface area contributed by atoms with Gasteiger partial charge in [-0.05, 0) is 30.4 Å². The van der Waals surface area contributed by atoms with E-state index in [9.17, 15) is 9.59 Å². The lowest BCUT2D eigenvalue weighted by Gasteiger charge is -2.36. The van der Waals surface area contributed by atoms with E-state index in [-0.39, 0.29) is 17.9 Å². The van der Waals surface area contributed by atoms with Crippen LogP contribution in [0.1, 0.15) is 62.6 Å². The van der Waals surface area contributed by atoms with Crippen molar-refractivity contribution in [3.63, 3.8) is 0 Å². The molecule has 0 aromatic heterocycles. The van der Waals surface area contributed by atoms with Crippen LogP contribution in [-0.4, -0.2) is 29.3 Å². The van der Waals surface area contributed by atoms with Gasteiger partial charge in [0.25, 0.3) is 0 Å². The van der Waals surface area contributed by atoms with Crippen LogP contribution in [0.3, 0.4) is 0 Å². The molecule has 0 unspecified atom stereocenters. The van der Waals surface area contributed by atoms with Gasteiger partial charge in [0.1, 0.15) is 6.04 Å². The van der Waals surface area contributed by atoms with Crippen LogP contribution in [0.15, 0.2) is 24.3 Å². The number of hydrogen-bond acceptors (Lipinski definition) is 2. The van der Waals surface area contributed by atoms with Crippen LogP contribution in [0.4, 0.5) is 0 Å². The van der Waals surface area contributed by atoms with Crippen molar-refractivity contribution in [1.82, 2.24) is 10.2 Å². The van der Waals surface area contributed by atoms with E-state index in [1.807, 2.05) is 18.2 Å². The van der Waals surface area contributed by atoms with Gasteiger partial charge < -0.3 is 10.2 Å². The number of nitrogens with one attached hydrogen (secondary N) is 1. The number of carbonyl (C=O) groups excluding carboxylic acids is 2. The molecule has 1 atom stereocenters. The third-order valence-corrected chi connectivity index (χ3v) is 5.14. The highest BCUT2D eigenvalue weighted by atomic mass is 16.2. The van der Waals surface area contributed by atoms with Gasteiger partial charge in [-0.15, -0.1) is 0 Å². The van der Waals surface area contributed by atoms with Crippen molar-refractivity contribution in [3.8, 4) is 0 Å². The van der Waals surface area contributed by atoms with Gasteiger partial charge in [0.2, 0.25) is 11.8 Å². The van der Waals surface area contributed by atoms with Crippen molar-refractivity contribution >= 4 is 11.8 Å². The first kappa shape index (κ1) is 16.0. The monoisotopic (exact) mass is 314 g/mol. The molecule has 1 N–H and O–H groups in total. The van der Waals surface area contributed by atoms with Crippen molar-refractivity contribution in [1.29, 1.82) is 0 Å². The van der Waals surface area contributed by atoms with Gasteiger partial charge in [0.15, 0.2) is 0 Å².